The van der Waals surface area contributed by atoms with E-state index >= 15 is 0 Å². The average Bonchev–Trinajstić information content (AvgIpc) is 3.57. The number of nitrogens with zero attached hydrogens (tertiary/aromatic N) is 2. The van der Waals surface area contributed by atoms with Crippen LogP contribution < -0.4 is 88.4 Å². The molecule has 0 saturated carbocycles. The minimum atomic E-state index is -1.84. The van der Waals surface area contributed by atoms with E-state index in [1.54, 1.807) is 13.8 Å². The number of carbonyl (C=O) groups excluding carboxylic acids is 11. The Labute approximate surface area is 482 Å². The predicted molar refractivity (Wildman–Crippen MR) is 301 cm³/mol. The van der Waals surface area contributed by atoms with Crippen molar-refractivity contribution in [1.29, 1.82) is 0 Å². The van der Waals surface area contributed by atoms with Gasteiger partial charge in [-0.3, -0.25) is 62.7 Å². The molecule has 11 amide bonds. The van der Waals surface area contributed by atoms with Crippen LogP contribution in [-0.4, -0.2) is 166 Å². The first-order valence-electron chi connectivity index (χ1n) is 26.3. The second-order valence-corrected chi connectivity index (χ2v) is 19.8. The maximum atomic E-state index is 14.4. The molecule has 0 aromatic heterocycles. The van der Waals surface area contributed by atoms with E-state index in [-0.39, 0.29) is 87.4 Å². The highest BCUT2D eigenvalue weighted by atomic mass is 16.4. The van der Waals surface area contributed by atoms with E-state index in [0.717, 1.165) is 0 Å². The van der Waals surface area contributed by atoms with Crippen LogP contribution in [0.25, 0.3) is 0 Å². The molecular formula is C51H78N18O15. The summed E-state index contributed by atoms with van der Waals surface area (Å²) >= 11 is 0. The van der Waals surface area contributed by atoms with Crippen molar-refractivity contribution >= 4 is 82.9 Å². The van der Waals surface area contributed by atoms with E-state index in [4.69, 9.17) is 45.9 Å². The molecule has 8 atom stereocenters. The lowest BCUT2D eigenvalue weighted by atomic mass is 10.0. The smallest absolute Gasteiger partial charge is 0.326 e. The third-order valence-corrected chi connectivity index (χ3v) is 12.1. The van der Waals surface area contributed by atoms with Crippen molar-refractivity contribution in [3.8, 4) is 11.5 Å². The molecule has 0 fully saturated rings. The first-order chi connectivity index (χ1) is 39.4. The van der Waals surface area contributed by atoms with E-state index in [1.807, 2.05) is 0 Å². The minimum Gasteiger partial charge on any atom is -0.508 e. The molecule has 0 unspecified atom stereocenters. The molecule has 0 radical (unpaired) electrons. The normalized spacial score (nSPS) is 13.7. The van der Waals surface area contributed by atoms with Gasteiger partial charge in [-0.25, -0.2) is 4.79 Å². The SMILES string of the molecule is CC(C)C[C@H](NC(=O)[C@H](CC(N)=O)NC(=O)[C@@H](N)CCCN=C(N)N)C(=O)N[C@@H](CCCN=C(N)N)C(=O)NCC(=O)N[C@@H](Cc1ccc(O)cc1)C(=O)N[C@@H](Cc1ccc(O)cc1)C(=O)N[C@@H](CC(N)=O)C(=O)N[C@@H](CCC(N)=O)C(=O)O. The van der Waals surface area contributed by atoms with E-state index in [2.05, 4.69) is 52.5 Å². The number of phenols is 2. The molecule has 0 saturated heterocycles. The number of carboxylic acids is 1. The van der Waals surface area contributed by atoms with Crippen molar-refractivity contribution in [2.75, 3.05) is 19.6 Å². The number of hydrogen-bond acceptors (Lipinski definition) is 17. The molecule has 2 aromatic carbocycles. The maximum absolute atomic E-state index is 14.4. The quantitative estimate of drug-likeness (QED) is 0.0169. The monoisotopic (exact) mass is 1180 g/mol. The Hall–Kier alpha value is -9.82. The van der Waals surface area contributed by atoms with Crippen molar-refractivity contribution < 1.29 is 72.9 Å². The van der Waals surface area contributed by atoms with Crippen molar-refractivity contribution in [2.45, 2.75) is 133 Å². The van der Waals surface area contributed by atoms with Gasteiger partial charge in [-0.05, 0) is 79.8 Å². The fourth-order valence-electron chi connectivity index (χ4n) is 7.82. The van der Waals surface area contributed by atoms with Gasteiger partial charge in [0, 0.05) is 32.4 Å². The fourth-order valence-corrected chi connectivity index (χ4v) is 7.82. The van der Waals surface area contributed by atoms with Gasteiger partial charge in [0.25, 0.3) is 0 Å². The molecule has 33 nitrogen and oxygen atoms in total. The van der Waals surface area contributed by atoms with Crippen LogP contribution in [0.15, 0.2) is 58.5 Å². The number of phenolic OH excluding ortho intramolecular Hbond substituents is 2. The van der Waals surface area contributed by atoms with Crippen LogP contribution >= 0.6 is 0 Å². The Bertz CT molecular complexity index is 2680. The lowest BCUT2D eigenvalue weighted by Gasteiger charge is -2.27. The summed E-state index contributed by atoms with van der Waals surface area (Å²) in [4.78, 5) is 166. The van der Waals surface area contributed by atoms with Gasteiger partial charge < -0.3 is 104 Å². The van der Waals surface area contributed by atoms with Gasteiger partial charge in [0.05, 0.1) is 25.4 Å². The molecule has 2 rings (SSSR count). The molecule has 0 spiro atoms. The highest BCUT2D eigenvalue weighted by Gasteiger charge is 2.35. The molecule has 0 heterocycles. The number of amides is 11. The summed E-state index contributed by atoms with van der Waals surface area (Å²) in [5.41, 5.74) is 44.2. The van der Waals surface area contributed by atoms with Gasteiger partial charge in [0.1, 0.15) is 53.8 Å². The number of benzene rings is 2. The predicted octanol–water partition coefficient (Wildman–Crippen LogP) is -7.03. The zero-order valence-electron chi connectivity index (χ0n) is 46.5. The number of aliphatic carboxylic acids is 1. The van der Waals surface area contributed by atoms with Crippen molar-refractivity contribution in [3.05, 3.63) is 59.7 Å². The summed E-state index contributed by atoms with van der Waals surface area (Å²) in [6.07, 6.45) is -2.94. The van der Waals surface area contributed by atoms with Crippen molar-refractivity contribution in [1.82, 2.24) is 42.5 Å². The van der Waals surface area contributed by atoms with Gasteiger partial charge in [0.15, 0.2) is 11.9 Å². The summed E-state index contributed by atoms with van der Waals surface area (Å²) in [5.74, 6) is -13.7. The van der Waals surface area contributed by atoms with Gasteiger partial charge in [-0.15, -0.1) is 0 Å². The Morgan fingerprint density at radius 2 is 0.857 bits per heavy atom. The number of guanidine groups is 2. The van der Waals surface area contributed by atoms with E-state index < -0.39 is 152 Å². The number of rotatable bonds is 38. The van der Waals surface area contributed by atoms with Crippen molar-refractivity contribution in [3.63, 3.8) is 0 Å². The first kappa shape index (κ1) is 70.3. The number of nitrogens with two attached hydrogens (primary N) is 8. The molecular weight excluding hydrogens is 1100 g/mol. The fraction of sp³-hybridized carbons (Fsp3) is 0.490. The summed E-state index contributed by atoms with van der Waals surface area (Å²) in [6.45, 7) is 2.71. The number of carbonyl (C=O) groups is 12. The number of hydrogen-bond donors (Lipinski definition) is 19. The van der Waals surface area contributed by atoms with Crippen LogP contribution in [0.1, 0.15) is 82.8 Å². The molecule has 33 heteroatoms. The molecule has 0 aliphatic carbocycles. The Balaban J connectivity index is 2.47. The second kappa shape index (κ2) is 35.8. The highest BCUT2D eigenvalue weighted by molar-refractivity contribution is 5.99. The van der Waals surface area contributed by atoms with Crippen LogP contribution in [0.4, 0.5) is 0 Å². The van der Waals surface area contributed by atoms with Crippen LogP contribution in [0.5, 0.6) is 11.5 Å². The number of aromatic hydroxyl groups is 2. The molecule has 0 bridgehead atoms. The van der Waals surface area contributed by atoms with E-state index in [9.17, 15) is 72.9 Å². The third-order valence-electron chi connectivity index (χ3n) is 12.1. The van der Waals surface area contributed by atoms with E-state index in [1.165, 1.54) is 48.5 Å². The summed E-state index contributed by atoms with van der Waals surface area (Å²) in [7, 11) is 0. The number of aliphatic imine (C=N–C) groups is 2. The number of carboxylic acid groups (broad SMARTS) is 1. The topological polar surface area (TPSA) is 595 Å². The summed E-state index contributed by atoms with van der Waals surface area (Å²) in [5, 5.41) is 48.8. The average molecular weight is 1180 g/mol. The van der Waals surface area contributed by atoms with Gasteiger partial charge >= 0.3 is 5.97 Å². The van der Waals surface area contributed by atoms with Gasteiger partial charge in [-0.1, -0.05) is 38.1 Å². The molecule has 462 valence electrons. The van der Waals surface area contributed by atoms with Crippen LogP contribution in [0, 0.1) is 5.92 Å². The van der Waals surface area contributed by atoms with E-state index in [0.29, 0.717) is 11.1 Å². The zero-order valence-corrected chi connectivity index (χ0v) is 46.5. The standard InChI is InChI=1S/C51H78N18O15/c1-25(2)19-33(67-48(82)36(22-39(54)73)66-42(76)30(52)5-3-17-60-50(56)57)44(78)64-31(6-4-18-61-51(58)59)43(77)62-24-41(75)63-34(20-26-7-11-28(70)12-8-26)45(79)68-35(21-27-9-13-29(71)14-10-27)46(80)69-37(23-40(55)74)47(81)65-32(49(83)84)15-16-38(53)72/h7-14,25,30-37,70-71H,3-6,15-24,52H2,1-2H3,(H2,53,72)(H2,54,73)(H2,55,74)(H,62,77)(H,63,75)(H,64,78)(H,65,81)(H,66,76)(H,67,82)(H,68,79)(H,69,80)(H,83,84)(H4,56,57,60)(H4,58,59,61)/t30-,31-,32-,33-,34-,35-,36-,37-/m0/s1. The summed E-state index contributed by atoms with van der Waals surface area (Å²) in [6, 6.07) is -1.68. The number of primary amides is 3. The molecule has 0 aliphatic heterocycles. The maximum Gasteiger partial charge on any atom is 0.326 e. The lowest BCUT2D eigenvalue weighted by molar-refractivity contribution is -0.143. The van der Waals surface area contributed by atoms with Crippen LogP contribution in [0.3, 0.4) is 0 Å². The number of nitrogens with one attached hydrogen (secondary N) is 8. The molecule has 0 aliphatic rings. The first-order valence-corrected chi connectivity index (χ1v) is 26.3. The third kappa shape index (κ3) is 28.1. The lowest BCUT2D eigenvalue weighted by Crippen LogP contribution is -2.59. The van der Waals surface area contributed by atoms with Crippen LogP contribution in [0.2, 0.25) is 0 Å². The largest absolute Gasteiger partial charge is 0.508 e. The van der Waals surface area contributed by atoms with Crippen molar-refractivity contribution in [2.24, 2.45) is 61.8 Å². The van der Waals surface area contributed by atoms with Crippen LogP contribution in [-0.2, 0) is 70.4 Å². The molecule has 2 aromatic rings. The Morgan fingerprint density at radius 3 is 1.30 bits per heavy atom. The Morgan fingerprint density at radius 1 is 0.464 bits per heavy atom. The molecule has 27 N–H and O–H groups in total. The summed E-state index contributed by atoms with van der Waals surface area (Å²) < 4.78 is 0. The van der Waals surface area contributed by atoms with Gasteiger partial charge in [-0.2, -0.15) is 0 Å². The minimum absolute atomic E-state index is 0.0258. The highest BCUT2D eigenvalue weighted by Crippen LogP contribution is 2.15. The molecule has 84 heavy (non-hydrogen) atoms. The Kier molecular flexibility index (Phi) is 30.0. The van der Waals surface area contributed by atoms with Gasteiger partial charge in [0.2, 0.25) is 65.0 Å². The zero-order chi connectivity index (χ0) is 63.2. The second-order valence-electron chi connectivity index (χ2n) is 19.8.